The first kappa shape index (κ1) is 18.7. The molecule has 23 heavy (non-hydrogen) atoms. The molecular formula is C15H23N3O5. The number of carbonyl (C=O) groups is 1. The summed E-state index contributed by atoms with van der Waals surface area (Å²) in [6.07, 6.45) is 2.05. The number of alkyl carbamates (subject to hydrolysis) is 1. The summed E-state index contributed by atoms with van der Waals surface area (Å²) in [5, 5.41) is 13.6. The van der Waals surface area contributed by atoms with E-state index in [1.165, 1.54) is 12.3 Å². The number of ether oxygens (including phenoxy) is 2. The van der Waals surface area contributed by atoms with E-state index in [0.717, 1.165) is 6.20 Å². The minimum absolute atomic E-state index is 0.148. The van der Waals surface area contributed by atoms with Crippen molar-refractivity contribution < 1.29 is 19.2 Å². The van der Waals surface area contributed by atoms with Crippen molar-refractivity contribution in [3.63, 3.8) is 0 Å². The molecule has 8 nitrogen and oxygen atoms in total. The number of nitro groups is 1. The van der Waals surface area contributed by atoms with Gasteiger partial charge in [-0.25, -0.2) is 4.79 Å². The Bertz CT molecular complexity index is 566. The molecule has 0 spiro atoms. The number of hydrogen-bond donors (Lipinski definition) is 1. The average Bonchev–Trinajstić information content (AvgIpc) is 2.42. The van der Waals surface area contributed by atoms with Gasteiger partial charge in [-0.2, -0.15) is 0 Å². The zero-order valence-corrected chi connectivity index (χ0v) is 14.1. The van der Waals surface area contributed by atoms with E-state index in [2.05, 4.69) is 10.3 Å². The van der Waals surface area contributed by atoms with Crippen LogP contribution >= 0.6 is 0 Å². The summed E-state index contributed by atoms with van der Waals surface area (Å²) in [5.74, 6) is 0.148. The lowest BCUT2D eigenvalue weighted by atomic mass is 9.95. The fraction of sp³-hybridized carbons (Fsp3) is 0.600. The first-order valence-electron chi connectivity index (χ1n) is 7.18. The van der Waals surface area contributed by atoms with Gasteiger partial charge in [-0.15, -0.1) is 0 Å². The third-order valence-corrected chi connectivity index (χ3v) is 2.69. The Labute approximate surface area is 135 Å². The summed E-state index contributed by atoms with van der Waals surface area (Å²) < 4.78 is 10.7. The monoisotopic (exact) mass is 325 g/mol. The second-order valence-electron chi connectivity index (χ2n) is 6.91. The first-order chi connectivity index (χ1) is 10.5. The highest BCUT2D eigenvalue weighted by molar-refractivity contribution is 5.67. The summed E-state index contributed by atoms with van der Waals surface area (Å²) >= 11 is 0. The van der Waals surface area contributed by atoms with Crippen LogP contribution in [0.5, 0.6) is 5.75 Å². The summed E-state index contributed by atoms with van der Waals surface area (Å²) in [4.78, 5) is 25.7. The number of nitrogens with zero attached hydrogens (tertiary/aromatic N) is 2. The molecule has 0 aliphatic carbocycles. The van der Waals surface area contributed by atoms with Gasteiger partial charge in [0.05, 0.1) is 11.5 Å². The van der Waals surface area contributed by atoms with E-state index in [1.54, 1.807) is 20.8 Å². The third-order valence-electron chi connectivity index (χ3n) is 2.69. The number of nitrogens with one attached hydrogen (secondary N) is 1. The molecule has 1 rings (SSSR count). The maximum atomic E-state index is 11.7. The van der Waals surface area contributed by atoms with E-state index in [-0.39, 0.29) is 18.0 Å². The Kier molecular flexibility index (Phi) is 5.89. The van der Waals surface area contributed by atoms with Gasteiger partial charge in [0.25, 0.3) is 0 Å². The molecule has 1 heterocycles. The van der Waals surface area contributed by atoms with Gasteiger partial charge in [-0.05, 0) is 20.8 Å². The molecule has 0 radical (unpaired) electrons. The molecule has 1 N–H and O–H groups in total. The maximum Gasteiger partial charge on any atom is 0.407 e. The molecule has 0 unspecified atom stereocenters. The minimum Gasteiger partial charge on any atom is -0.486 e. The van der Waals surface area contributed by atoms with Crippen LogP contribution in [0.1, 0.15) is 34.6 Å². The quantitative estimate of drug-likeness (QED) is 0.637. The van der Waals surface area contributed by atoms with Crippen LogP contribution in [0.4, 0.5) is 10.5 Å². The summed E-state index contributed by atoms with van der Waals surface area (Å²) in [6.45, 7) is 9.58. The lowest BCUT2D eigenvalue weighted by Crippen LogP contribution is -2.40. The molecule has 0 fully saturated rings. The molecule has 0 aliphatic rings. The van der Waals surface area contributed by atoms with Gasteiger partial charge in [0.2, 0.25) is 0 Å². The fourth-order valence-corrected chi connectivity index (χ4v) is 1.58. The fourth-order valence-electron chi connectivity index (χ4n) is 1.58. The van der Waals surface area contributed by atoms with Crippen molar-refractivity contribution in [2.75, 3.05) is 13.2 Å². The summed E-state index contributed by atoms with van der Waals surface area (Å²) in [5.41, 5.74) is -1.19. The molecule has 0 saturated carbocycles. The zero-order valence-electron chi connectivity index (χ0n) is 14.1. The molecule has 1 amide bonds. The van der Waals surface area contributed by atoms with Crippen molar-refractivity contribution >= 4 is 11.8 Å². The van der Waals surface area contributed by atoms with Gasteiger partial charge in [0.1, 0.15) is 11.8 Å². The highest BCUT2D eigenvalue weighted by atomic mass is 16.6. The van der Waals surface area contributed by atoms with Crippen LogP contribution in [-0.4, -0.2) is 34.8 Å². The molecule has 1 aromatic heterocycles. The van der Waals surface area contributed by atoms with E-state index >= 15 is 0 Å². The zero-order chi connectivity index (χ0) is 17.7. The van der Waals surface area contributed by atoms with Crippen LogP contribution < -0.4 is 10.1 Å². The van der Waals surface area contributed by atoms with Crippen molar-refractivity contribution in [2.45, 2.75) is 40.2 Å². The Hall–Kier alpha value is -2.38. The number of carbonyl (C=O) groups excluding carboxylic acids is 1. The largest absolute Gasteiger partial charge is 0.486 e. The van der Waals surface area contributed by atoms with Crippen molar-refractivity contribution in [1.82, 2.24) is 10.3 Å². The van der Waals surface area contributed by atoms with Crippen molar-refractivity contribution in [2.24, 2.45) is 5.41 Å². The SMILES string of the molecule is CC(C)(CNC(=O)OC(C)(C)C)COc1ccncc1[N+](=O)[O-]. The van der Waals surface area contributed by atoms with Gasteiger partial charge in [-0.1, -0.05) is 13.8 Å². The Balaban J connectivity index is 2.56. The van der Waals surface area contributed by atoms with Crippen LogP contribution in [0.2, 0.25) is 0 Å². The molecule has 0 aliphatic heterocycles. The normalized spacial score (nSPS) is 11.7. The highest BCUT2D eigenvalue weighted by Gasteiger charge is 2.24. The van der Waals surface area contributed by atoms with Gasteiger partial charge < -0.3 is 14.8 Å². The number of hydrogen-bond acceptors (Lipinski definition) is 6. The first-order valence-corrected chi connectivity index (χ1v) is 7.18. The highest BCUT2D eigenvalue weighted by Crippen LogP contribution is 2.26. The molecule has 128 valence electrons. The van der Waals surface area contributed by atoms with Gasteiger partial charge in [0.15, 0.2) is 5.75 Å². The van der Waals surface area contributed by atoms with Crippen LogP contribution in [-0.2, 0) is 4.74 Å². The number of pyridine rings is 1. The van der Waals surface area contributed by atoms with Crippen LogP contribution in [0.15, 0.2) is 18.5 Å². The number of aromatic nitrogens is 1. The van der Waals surface area contributed by atoms with E-state index in [9.17, 15) is 14.9 Å². The van der Waals surface area contributed by atoms with Crippen LogP contribution in [0, 0.1) is 15.5 Å². The van der Waals surface area contributed by atoms with Crippen LogP contribution in [0.25, 0.3) is 0 Å². The Morgan fingerprint density at radius 1 is 1.35 bits per heavy atom. The average molecular weight is 325 g/mol. The predicted octanol–water partition coefficient (Wildman–Crippen LogP) is 2.92. The Morgan fingerprint density at radius 2 is 2.00 bits per heavy atom. The summed E-state index contributed by atoms with van der Waals surface area (Å²) in [6, 6.07) is 1.44. The predicted molar refractivity (Wildman–Crippen MR) is 84.4 cm³/mol. The van der Waals surface area contributed by atoms with Crippen molar-refractivity contribution in [3.8, 4) is 5.75 Å². The third kappa shape index (κ3) is 6.94. The number of rotatable bonds is 6. The summed E-state index contributed by atoms with van der Waals surface area (Å²) in [7, 11) is 0. The molecule has 0 aromatic carbocycles. The smallest absolute Gasteiger partial charge is 0.407 e. The molecule has 0 bridgehead atoms. The lowest BCUT2D eigenvalue weighted by Gasteiger charge is -2.26. The lowest BCUT2D eigenvalue weighted by molar-refractivity contribution is -0.386. The molecular weight excluding hydrogens is 302 g/mol. The molecule has 1 aromatic rings. The minimum atomic E-state index is -0.567. The molecule has 0 atom stereocenters. The standard InChI is InChI=1S/C15H23N3O5/c1-14(2,3)23-13(19)17-9-15(4,5)10-22-12-6-7-16-8-11(12)18(20)21/h6-8H,9-10H2,1-5H3,(H,17,19). The van der Waals surface area contributed by atoms with Gasteiger partial charge in [0, 0.05) is 24.2 Å². The van der Waals surface area contributed by atoms with E-state index in [4.69, 9.17) is 9.47 Å². The Morgan fingerprint density at radius 3 is 2.57 bits per heavy atom. The second kappa shape index (κ2) is 7.26. The molecule has 8 heteroatoms. The van der Waals surface area contributed by atoms with Crippen molar-refractivity contribution in [3.05, 3.63) is 28.6 Å². The van der Waals surface area contributed by atoms with E-state index in [0.29, 0.717) is 6.54 Å². The maximum absolute atomic E-state index is 11.7. The van der Waals surface area contributed by atoms with E-state index < -0.39 is 22.0 Å². The van der Waals surface area contributed by atoms with Crippen LogP contribution in [0.3, 0.4) is 0 Å². The molecule has 0 saturated heterocycles. The topological polar surface area (TPSA) is 104 Å². The van der Waals surface area contributed by atoms with E-state index in [1.807, 2.05) is 13.8 Å². The second-order valence-corrected chi connectivity index (χ2v) is 6.91. The number of amides is 1. The van der Waals surface area contributed by atoms with Crippen molar-refractivity contribution in [1.29, 1.82) is 0 Å². The van der Waals surface area contributed by atoms with Gasteiger partial charge in [-0.3, -0.25) is 15.1 Å². The van der Waals surface area contributed by atoms with Gasteiger partial charge >= 0.3 is 11.8 Å².